The van der Waals surface area contributed by atoms with Crippen molar-refractivity contribution in [2.45, 2.75) is 38.8 Å². The predicted molar refractivity (Wildman–Crippen MR) is 64.5 cm³/mol. The molecule has 0 aromatic heterocycles. The monoisotopic (exact) mass is 221 g/mol. The smallest absolute Gasteiger partial charge is 0.320 e. The Bertz CT molecular complexity index is 324. The number of carbonyl (C=O) groups is 1. The molecule has 0 heterocycles. The third-order valence-corrected chi connectivity index (χ3v) is 2.61. The molecule has 88 valence electrons. The van der Waals surface area contributed by atoms with E-state index in [1.165, 1.54) is 5.56 Å². The Morgan fingerprint density at radius 1 is 1.31 bits per heavy atom. The number of carboxylic acid groups (broad SMARTS) is 1. The predicted octanol–water partition coefficient (Wildman–Crippen LogP) is 2.07. The number of hydrogen-bond donors (Lipinski definition) is 2. The summed E-state index contributed by atoms with van der Waals surface area (Å²) in [6.45, 7) is 3.68. The van der Waals surface area contributed by atoms with Crippen LogP contribution in [0.25, 0.3) is 0 Å². The van der Waals surface area contributed by atoms with Gasteiger partial charge >= 0.3 is 5.97 Å². The molecular formula is C13H19NO2. The lowest BCUT2D eigenvalue weighted by Crippen LogP contribution is -2.39. The fraction of sp³-hybridized carbons (Fsp3) is 0.462. The minimum Gasteiger partial charge on any atom is -0.480 e. The van der Waals surface area contributed by atoms with Crippen molar-refractivity contribution in [1.29, 1.82) is 0 Å². The first-order valence-electron chi connectivity index (χ1n) is 5.62. The standard InChI is InChI=1S/C13H19NO2/c1-10(14-11(2)13(15)16)8-9-12-6-4-3-5-7-12/h3-7,10-11,14H,8-9H2,1-2H3,(H,15,16)/t10?,11-/m0/s1. The first kappa shape index (κ1) is 12.7. The van der Waals surface area contributed by atoms with Crippen LogP contribution in [-0.4, -0.2) is 23.2 Å². The summed E-state index contributed by atoms with van der Waals surface area (Å²) < 4.78 is 0. The Labute approximate surface area is 96.5 Å². The molecule has 1 aromatic carbocycles. The van der Waals surface area contributed by atoms with Gasteiger partial charge in [0.1, 0.15) is 6.04 Å². The quantitative estimate of drug-likeness (QED) is 0.773. The largest absolute Gasteiger partial charge is 0.480 e. The second-order valence-electron chi connectivity index (χ2n) is 4.15. The van der Waals surface area contributed by atoms with Crippen LogP contribution < -0.4 is 5.32 Å². The highest BCUT2D eigenvalue weighted by Crippen LogP contribution is 2.05. The summed E-state index contributed by atoms with van der Waals surface area (Å²) in [4.78, 5) is 10.6. The van der Waals surface area contributed by atoms with Crippen molar-refractivity contribution in [2.24, 2.45) is 0 Å². The first-order chi connectivity index (χ1) is 7.59. The minimum absolute atomic E-state index is 0.214. The highest BCUT2D eigenvalue weighted by atomic mass is 16.4. The van der Waals surface area contributed by atoms with E-state index in [2.05, 4.69) is 17.4 Å². The van der Waals surface area contributed by atoms with Crippen LogP contribution in [0.3, 0.4) is 0 Å². The topological polar surface area (TPSA) is 49.3 Å². The Morgan fingerprint density at radius 3 is 2.50 bits per heavy atom. The van der Waals surface area contributed by atoms with Crippen molar-refractivity contribution in [3.8, 4) is 0 Å². The number of benzene rings is 1. The van der Waals surface area contributed by atoms with Crippen LogP contribution in [0.2, 0.25) is 0 Å². The van der Waals surface area contributed by atoms with Crippen LogP contribution in [-0.2, 0) is 11.2 Å². The van der Waals surface area contributed by atoms with E-state index in [9.17, 15) is 4.79 Å². The Balaban J connectivity index is 2.30. The molecule has 0 aliphatic carbocycles. The molecule has 2 atom stereocenters. The van der Waals surface area contributed by atoms with Crippen LogP contribution in [0.5, 0.6) is 0 Å². The Morgan fingerprint density at radius 2 is 1.94 bits per heavy atom. The summed E-state index contributed by atoms with van der Waals surface area (Å²) in [5.41, 5.74) is 1.29. The highest BCUT2D eigenvalue weighted by Gasteiger charge is 2.13. The zero-order valence-corrected chi connectivity index (χ0v) is 9.81. The van der Waals surface area contributed by atoms with Crippen LogP contribution >= 0.6 is 0 Å². The lowest BCUT2D eigenvalue weighted by molar-refractivity contribution is -0.139. The van der Waals surface area contributed by atoms with Gasteiger partial charge in [0, 0.05) is 6.04 Å². The number of hydrogen-bond acceptors (Lipinski definition) is 2. The van der Waals surface area contributed by atoms with Gasteiger partial charge in [0.15, 0.2) is 0 Å². The first-order valence-corrected chi connectivity index (χ1v) is 5.62. The summed E-state index contributed by atoms with van der Waals surface area (Å²) in [6.07, 6.45) is 1.92. The van der Waals surface area contributed by atoms with Crippen molar-refractivity contribution < 1.29 is 9.90 Å². The minimum atomic E-state index is -0.799. The molecule has 0 bridgehead atoms. The van der Waals surface area contributed by atoms with E-state index in [1.54, 1.807) is 6.92 Å². The van der Waals surface area contributed by atoms with Gasteiger partial charge in [-0.2, -0.15) is 0 Å². The van der Waals surface area contributed by atoms with Crippen molar-refractivity contribution in [3.05, 3.63) is 35.9 Å². The molecule has 0 spiro atoms. The molecule has 3 heteroatoms. The van der Waals surface area contributed by atoms with Crippen LogP contribution in [0.4, 0.5) is 0 Å². The second kappa shape index (κ2) is 6.28. The number of rotatable bonds is 6. The van der Waals surface area contributed by atoms with E-state index in [4.69, 9.17) is 5.11 Å². The average molecular weight is 221 g/mol. The van der Waals surface area contributed by atoms with Gasteiger partial charge in [0.05, 0.1) is 0 Å². The van der Waals surface area contributed by atoms with E-state index in [0.29, 0.717) is 0 Å². The molecule has 0 radical (unpaired) electrons. The van der Waals surface area contributed by atoms with Crippen LogP contribution in [0.15, 0.2) is 30.3 Å². The number of carboxylic acids is 1. The molecule has 0 saturated heterocycles. The molecular weight excluding hydrogens is 202 g/mol. The van der Waals surface area contributed by atoms with E-state index < -0.39 is 12.0 Å². The number of aryl methyl sites for hydroxylation is 1. The SMILES string of the molecule is CC(CCc1ccccc1)N[C@@H](C)C(=O)O. The fourth-order valence-corrected chi connectivity index (χ4v) is 1.61. The molecule has 0 aliphatic heterocycles. The van der Waals surface area contributed by atoms with Crippen molar-refractivity contribution >= 4 is 5.97 Å². The van der Waals surface area contributed by atoms with Gasteiger partial charge in [0.2, 0.25) is 0 Å². The molecule has 0 fully saturated rings. The van der Waals surface area contributed by atoms with Gasteiger partial charge in [-0.1, -0.05) is 30.3 Å². The number of aliphatic carboxylic acids is 1. The van der Waals surface area contributed by atoms with E-state index in [1.807, 2.05) is 25.1 Å². The Hall–Kier alpha value is -1.35. The van der Waals surface area contributed by atoms with Gasteiger partial charge < -0.3 is 10.4 Å². The third-order valence-electron chi connectivity index (χ3n) is 2.61. The molecule has 0 aliphatic rings. The van der Waals surface area contributed by atoms with Crippen molar-refractivity contribution in [1.82, 2.24) is 5.32 Å². The summed E-state index contributed by atoms with van der Waals surface area (Å²) in [7, 11) is 0. The molecule has 1 unspecified atom stereocenters. The molecule has 0 amide bonds. The summed E-state index contributed by atoms with van der Waals surface area (Å²) in [6, 6.07) is 9.95. The summed E-state index contributed by atoms with van der Waals surface area (Å²) >= 11 is 0. The summed E-state index contributed by atoms with van der Waals surface area (Å²) in [5, 5.41) is 11.8. The molecule has 1 rings (SSSR count). The molecule has 3 nitrogen and oxygen atoms in total. The van der Waals surface area contributed by atoms with Crippen LogP contribution in [0, 0.1) is 0 Å². The normalized spacial score (nSPS) is 14.4. The lowest BCUT2D eigenvalue weighted by Gasteiger charge is -2.16. The fourth-order valence-electron chi connectivity index (χ4n) is 1.61. The van der Waals surface area contributed by atoms with Gasteiger partial charge in [-0.05, 0) is 32.3 Å². The van der Waals surface area contributed by atoms with Crippen LogP contribution in [0.1, 0.15) is 25.8 Å². The van der Waals surface area contributed by atoms with Crippen molar-refractivity contribution in [3.63, 3.8) is 0 Å². The van der Waals surface area contributed by atoms with Gasteiger partial charge in [-0.3, -0.25) is 4.79 Å². The van der Waals surface area contributed by atoms with Crippen molar-refractivity contribution in [2.75, 3.05) is 0 Å². The maximum atomic E-state index is 10.6. The maximum absolute atomic E-state index is 10.6. The maximum Gasteiger partial charge on any atom is 0.320 e. The highest BCUT2D eigenvalue weighted by molar-refractivity contribution is 5.72. The third kappa shape index (κ3) is 4.45. The molecule has 16 heavy (non-hydrogen) atoms. The lowest BCUT2D eigenvalue weighted by atomic mass is 10.1. The molecule has 1 aromatic rings. The molecule has 0 saturated carbocycles. The second-order valence-corrected chi connectivity index (χ2v) is 4.15. The van der Waals surface area contributed by atoms with Gasteiger partial charge in [-0.25, -0.2) is 0 Å². The number of nitrogens with one attached hydrogen (secondary N) is 1. The van der Waals surface area contributed by atoms with Gasteiger partial charge in [-0.15, -0.1) is 0 Å². The molecule has 2 N–H and O–H groups in total. The summed E-state index contributed by atoms with van der Waals surface area (Å²) in [5.74, 6) is -0.799. The Kier molecular flexibility index (Phi) is 4.99. The zero-order valence-electron chi connectivity index (χ0n) is 9.81. The van der Waals surface area contributed by atoms with E-state index >= 15 is 0 Å². The van der Waals surface area contributed by atoms with Gasteiger partial charge in [0.25, 0.3) is 0 Å². The van der Waals surface area contributed by atoms with E-state index in [-0.39, 0.29) is 6.04 Å². The zero-order chi connectivity index (χ0) is 12.0. The average Bonchev–Trinajstić information content (AvgIpc) is 2.27. The van der Waals surface area contributed by atoms with E-state index in [0.717, 1.165) is 12.8 Å².